The molecule has 1 fully saturated rings. The SMILES string of the molecule is CCc1ccc(/C=C/C(=O)c2ccc(O[C@@H]3OC(CO)[C@@H](O)C(O)[C@@H]3O)c(O)c2O)cc1O. The average molecular weight is 462 g/mol. The smallest absolute Gasteiger partial charge is 0.229 e. The minimum absolute atomic E-state index is 0.0993. The molecule has 0 saturated carbocycles. The molecule has 5 atom stereocenters. The number of ether oxygens (including phenoxy) is 2. The highest BCUT2D eigenvalue weighted by Gasteiger charge is 2.45. The van der Waals surface area contributed by atoms with Crippen LogP contribution in [0.15, 0.2) is 36.4 Å². The van der Waals surface area contributed by atoms with Gasteiger partial charge in [0.25, 0.3) is 0 Å². The van der Waals surface area contributed by atoms with Crippen molar-refractivity contribution in [1.82, 2.24) is 0 Å². The fourth-order valence-electron chi connectivity index (χ4n) is 3.39. The molecule has 3 rings (SSSR count). The van der Waals surface area contributed by atoms with Gasteiger partial charge >= 0.3 is 0 Å². The van der Waals surface area contributed by atoms with Gasteiger partial charge in [0.05, 0.1) is 12.2 Å². The van der Waals surface area contributed by atoms with Gasteiger partial charge in [-0.2, -0.15) is 0 Å². The van der Waals surface area contributed by atoms with Crippen LogP contribution in [0.2, 0.25) is 0 Å². The lowest BCUT2D eigenvalue weighted by molar-refractivity contribution is -0.277. The molecule has 1 aliphatic heterocycles. The number of aryl methyl sites for hydroxylation is 1. The second kappa shape index (κ2) is 10.2. The van der Waals surface area contributed by atoms with Gasteiger partial charge in [-0.3, -0.25) is 4.79 Å². The molecule has 0 aromatic heterocycles. The maximum Gasteiger partial charge on any atom is 0.229 e. The molecule has 178 valence electrons. The molecule has 1 aliphatic rings. The molecule has 1 heterocycles. The van der Waals surface area contributed by atoms with Gasteiger partial charge in [-0.1, -0.05) is 25.1 Å². The zero-order chi connectivity index (χ0) is 24.3. The molecule has 10 nitrogen and oxygen atoms in total. The second-order valence-corrected chi connectivity index (χ2v) is 7.56. The number of phenols is 3. The standard InChI is InChI=1S/C23H26O10/c1-2-12-5-3-11(9-15(12)26)4-7-14(25)13-6-8-16(19(28)18(13)27)32-23-22(31)21(30)20(29)17(10-24)33-23/h3-9,17,20-24,26-31H,2,10H2,1H3/b7-4+/t17?,20-,21?,22+,23-/m1/s1. The zero-order valence-electron chi connectivity index (χ0n) is 17.7. The molecule has 33 heavy (non-hydrogen) atoms. The van der Waals surface area contributed by atoms with Crippen molar-refractivity contribution in [2.45, 2.75) is 44.1 Å². The minimum Gasteiger partial charge on any atom is -0.508 e. The van der Waals surface area contributed by atoms with Crippen LogP contribution in [0.1, 0.15) is 28.4 Å². The summed E-state index contributed by atoms with van der Waals surface area (Å²) >= 11 is 0. The number of aromatic hydroxyl groups is 3. The first-order chi connectivity index (χ1) is 15.7. The van der Waals surface area contributed by atoms with Crippen LogP contribution in [-0.2, 0) is 11.2 Å². The van der Waals surface area contributed by atoms with Crippen molar-refractivity contribution in [1.29, 1.82) is 0 Å². The Hall–Kier alpha value is -3.15. The van der Waals surface area contributed by atoms with E-state index in [1.165, 1.54) is 18.2 Å². The normalized spacial score (nSPS) is 25.3. The molecule has 2 aromatic carbocycles. The lowest BCUT2D eigenvalue weighted by Gasteiger charge is -2.39. The number of aliphatic hydroxyl groups excluding tert-OH is 4. The number of rotatable bonds is 7. The fraction of sp³-hybridized carbons (Fsp3) is 0.348. The third-order valence-electron chi connectivity index (χ3n) is 5.39. The third-order valence-corrected chi connectivity index (χ3v) is 5.39. The van der Waals surface area contributed by atoms with Crippen molar-refractivity contribution >= 4 is 11.9 Å². The molecule has 0 radical (unpaired) electrons. The summed E-state index contributed by atoms with van der Waals surface area (Å²) in [6.07, 6.45) is -4.54. The molecule has 2 aromatic rings. The van der Waals surface area contributed by atoms with Gasteiger partial charge in [0.2, 0.25) is 12.0 Å². The second-order valence-electron chi connectivity index (χ2n) is 7.56. The van der Waals surface area contributed by atoms with Crippen molar-refractivity contribution in [3.8, 4) is 23.0 Å². The van der Waals surface area contributed by atoms with Gasteiger partial charge in [0.15, 0.2) is 17.3 Å². The van der Waals surface area contributed by atoms with Crippen LogP contribution in [0.4, 0.5) is 0 Å². The highest BCUT2D eigenvalue weighted by molar-refractivity contribution is 6.09. The van der Waals surface area contributed by atoms with Gasteiger partial charge in [-0.25, -0.2) is 0 Å². The summed E-state index contributed by atoms with van der Waals surface area (Å²) in [6, 6.07) is 7.28. The fourth-order valence-corrected chi connectivity index (χ4v) is 3.39. The van der Waals surface area contributed by atoms with E-state index in [-0.39, 0.29) is 17.1 Å². The number of allylic oxidation sites excluding steroid dienone is 1. The van der Waals surface area contributed by atoms with E-state index in [4.69, 9.17) is 9.47 Å². The lowest BCUT2D eigenvalue weighted by Crippen LogP contribution is -2.60. The maximum atomic E-state index is 12.5. The number of hydrogen-bond donors (Lipinski definition) is 7. The Kier molecular flexibility index (Phi) is 7.57. The molecular weight excluding hydrogens is 436 g/mol. The first-order valence-corrected chi connectivity index (χ1v) is 10.2. The summed E-state index contributed by atoms with van der Waals surface area (Å²) in [6.45, 7) is 1.23. The molecule has 0 bridgehead atoms. The molecule has 2 unspecified atom stereocenters. The van der Waals surface area contributed by atoms with Gasteiger partial charge in [-0.05, 0) is 41.8 Å². The van der Waals surface area contributed by atoms with E-state index in [9.17, 15) is 40.5 Å². The Bertz CT molecular complexity index is 1030. The van der Waals surface area contributed by atoms with E-state index in [0.717, 1.165) is 17.7 Å². The summed E-state index contributed by atoms with van der Waals surface area (Å²) in [5, 5.41) is 69.4. The summed E-state index contributed by atoms with van der Waals surface area (Å²) in [5.74, 6) is -2.49. The summed E-state index contributed by atoms with van der Waals surface area (Å²) in [7, 11) is 0. The van der Waals surface area contributed by atoms with Crippen molar-refractivity contribution in [3.63, 3.8) is 0 Å². The first-order valence-electron chi connectivity index (χ1n) is 10.2. The number of phenolic OH excluding ortho intramolecular Hbond substituents is 3. The molecule has 7 N–H and O–H groups in total. The quantitative estimate of drug-likeness (QED) is 0.174. The van der Waals surface area contributed by atoms with E-state index < -0.39 is 54.6 Å². The Morgan fingerprint density at radius 2 is 1.76 bits per heavy atom. The van der Waals surface area contributed by atoms with Crippen LogP contribution in [0, 0.1) is 0 Å². The topological polar surface area (TPSA) is 177 Å². The lowest BCUT2D eigenvalue weighted by atomic mass is 9.99. The largest absolute Gasteiger partial charge is 0.508 e. The number of aliphatic hydroxyl groups is 4. The molecule has 0 amide bonds. The predicted octanol–water partition coefficient (Wildman–Crippen LogP) is 0.441. The summed E-state index contributed by atoms with van der Waals surface area (Å²) in [4.78, 5) is 12.5. The van der Waals surface area contributed by atoms with Crippen molar-refractivity contribution < 1.29 is 50.0 Å². The summed E-state index contributed by atoms with van der Waals surface area (Å²) < 4.78 is 10.5. The first kappa shape index (κ1) is 24.5. The highest BCUT2D eigenvalue weighted by Crippen LogP contribution is 2.40. The minimum atomic E-state index is -1.72. The number of benzene rings is 2. The number of hydrogen-bond acceptors (Lipinski definition) is 10. The van der Waals surface area contributed by atoms with Crippen molar-refractivity contribution in [2.75, 3.05) is 6.61 Å². The Labute approximate surface area is 189 Å². The summed E-state index contributed by atoms with van der Waals surface area (Å²) in [5.41, 5.74) is 1.08. The van der Waals surface area contributed by atoms with Crippen LogP contribution >= 0.6 is 0 Å². The van der Waals surface area contributed by atoms with E-state index in [0.29, 0.717) is 12.0 Å². The van der Waals surface area contributed by atoms with Crippen LogP contribution in [-0.4, -0.2) is 78.8 Å². The van der Waals surface area contributed by atoms with E-state index >= 15 is 0 Å². The Balaban J connectivity index is 1.77. The van der Waals surface area contributed by atoms with Crippen LogP contribution in [0.3, 0.4) is 0 Å². The van der Waals surface area contributed by atoms with Crippen LogP contribution in [0.25, 0.3) is 6.08 Å². The van der Waals surface area contributed by atoms with E-state index in [2.05, 4.69) is 0 Å². The van der Waals surface area contributed by atoms with E-state index in [1.807, 2.05) is 6.92 Å². The number of ketones is 1. The van der Waals surface area contributed by atoms with Crippen LogP contribution in [0.5, 0.6) is 23.0 Å². The van der Waals surface area contributed by atoms with Gasteiger partial charge in [0.1, 0.15) is 30.2 Å². The third kappa shape index (κ3) is 5.10. The van der Waals surface area contributed by atoms with Crippen molar-refractivity contribution in [2.24, 2.45) is 0 Å². The number of carbonyl (C=O) groups excluding carboxylic acids is 1. The number of carbonyl (C=O) groups is 1. The molecule has 0 spiro atoms. The molecule has 0 aliphatic carbocycles. The average Bonchev–Trinajstić information content (AvgIpc) is 2.80. The van der Waals surface area contributed by atoms with Gasteiger partial charge in [-0.15, -0.1) is 0 Å². The van der Waals surface area contributed by atoms with Crippen molar-refractivity contribution in [3.05, 3.63) is 53.1 Å². The molecule has 1 saturated heterocycles. The van der Waals surface area contributed by atoms with E-state index in [1.54, 1.807) is 12.1 Å². The van der Waals surface area contributed by atoms with Crippen LogP contribution < -0.4 is 4.74 Å². The van der Waals surface area contributed by atoms with Gasteiger partial charge in [0, 0.05) is 0 Å². The Morgan fingerprint density at radius 3 is 2.39 bits per heavy atom. The molecule has 10 heteroatoms. The van der Waals surface area contributed by atoms with Gasteiger partial charge < -0.3 is 45.2 Å². The monoisotopic (exact) mass is 462 g/mol. The highest BCUT2D eigenvalue weighted by atomic mass is 16.7. The molecular formula is C23H26O10. The Morgan fingerprint density at radius 1 is 1.03 bits per heavy atom. The predicted molar refractivity (Wildman–Crippen MR) is 115 cm³/mol. The zero-order valence-corrected chi connectivity index (χ0v) is 17.7. The maximum absolute atomic E-state index is 12.5.